The van der Waals surface area contributed by atoms with Crippen LogP contribution in [0.2, 0.25) is 0 Å². The number of ketones is 1. The van der Waals surface area contributed by atoms with Gasteiger partial charge in [0.2, 0.25) is 5.52 Å². The third-order valence-electron chi connectivity index (χ3n) is 5.45. The molecule has 0 saturated heterocycles. The smallest absolute Gasteiger partial charge is 0.219 e. The quantitative estimate of drug-likeness (QED) is 0.358. The van der Waals surface area contributed by atoms with Crippen molar-refractivity contribution in [2.45, 2.75) is 46.5 Å². The molecule has 0 aliphatic carbocycles. The van der Waals surface area contributed by atoms with E-state index >= 15 is 0 Å². The molecule has 2 aromatic carbocycles. The van der Waals surface area contributed by atoms with Crippen molar-refractivity contribution in [3.63, 3.8) is 0 Å². The van der Waals surface area contributed by atoms with Crippen LogP contribution in [-0.4, -0.2) is 38.8 Å². The van der Waals surface area contributed by atoms with Crippen molar-refractivity contribution >= 4 is 19.1 Å². The number of carbonyl (C=O) groups excluding carboxylic acids is 2. The number of aryl methyl sites for hydroxylation is 2. The Balaban J connectivity index is 2.23. The number of rotatable bonds is 9. The number of hydrogen-bond acceptors (Lipinski definition) is 6. The maximum absolute atomic E-state index is 13.0. The molecule has 174 valence electrons. The number of hydrogen-bond donors (Lipinski definition) is 0. The topological polar surface area (TPSA) is 78.9 Å². The fourth-order valence-corrected chi connectivity index (χ4v) is 4.99. The van der Waals surface area contributed by atoms with Crippen LogP contribution in [0.15, 0.2) is 24.3 Å². The molecule has 7 heteroatoms. The molecule has 1 unspecified atom stereocenters. The molecule has 0 aliphatic rings. The molecule has 6 nitrogen and oxygen atoms in total. The zero-order chi connectivity index (χ0) is 24.2. The summed E-state index contributed by atoms with van der Waals surface area (Å²) < 4.78 is 28.7. The molecule has 0 radical (unpaired) electrons. The maximum Gasteiger partial charge on any atom is 0.219 e. The normalized spacial score (nSPS) is 12.2. The Hall–Kier alpha value is -2.59. The van der Waals surface area contributed by atoms with Gasteiger partial charge in [-0.1, -0.05) is 32.9 Å². The van der Waals surface area contributed by atoms with Gasteiger partial charge in [-0.3, -0.25) is 9.59 Å². The minimum Gasteiger partial charge on any atom is -0.496 e. The maximum atomic E-state index is 13.0. The minimum atomic E-state index is -2.68. The summed E-state index contributed by atoms with van der Waals surface area (Å²) >= 11 is 0. The highest BCUT2D eigenvalue weighted by atomic mass is 31.1. The molecule has 0 amide bonds. The van der Waals surface area contributed by atoms with E-state index in [1.54, 1.807) is 12.1 Å². The number of benzene rings is 2. The third kappa shape index (κ3) is 5.60. The summed E-state index contributed by atoms with van der Waals surface area (Å²) in [7, 11) is 1.72. The number of ether oxygens (including phenoxy) is 3. The van der Waals surface area contributed by atoms with E-state index in [-0.39, 0.29) is 34.9 Å². The lowest BCUT2D eigenvalue weighted by molar-refractivity contribution is 0.0983. The summed E-state index contributed by atoms with van der Waals surface area (Å²) in [6.45, 7) is 10.1. The van der Waals surface area contributed by atoms with Gasteiger partial charge in [-0.2, -0.15) is 0 Å². The molecule has 32 heavy (non-hydrogen) atoms. The Kier molecular flexibility index (Phi) is 8.30. The lowest BCUT2D eigenvalue weighted by atomic mass is 9.84. The van der Waals surface area contributed by atoms with E-state index in [0.717, 1.165) is 16.7 Å². The molecule has 2 aromatic rings. The fourth-order valence-electron chi connectivity index (χ4n) is 3.64. The van der Waals surface area contributed by atoms with Gasteiger partial charge >= 0.3 is 0 Å². The molecule has 0 bridgehead atoms. The first-order valence-electron chi connectivity index (χ1n) is 10.5. The molecule has 0 spiro atoms. The van der Waals surface area contributed by atoms with Crippen molar-refractivity contribution < 1.29 is 28.4 Å². The average Bonchev–Trinajstić information content (AvgIpc) is 2.74. The Morgan fingerprint density at radius 1 is 0.844 bits per heavy atom. The molecular weight excluding hydrogens is 427 g/mol. The second kappa shape index (κ2) is 10.4. The number of carbonyl (C=O) groups is 2. The van der Waals surface area contributed by atoms with Crippen molar-refractivity contribution in [1.29, 1.82) is 0 Å². The van der Waals surface area contributed by atoms with Crippen molar-refractivity contribution in [3.05, 3.63) is 52.1 Å². The summed E-state index contributed by atoms with van der Waals surface area (Å²) in [6, 6.07) is 7.14. The lowest BCUT2D eigenvalue weighted by Gasteiger charge is -2.22. The van der Waals surface area contributed by atoms with Crippen LogP contribution in [0.5, 0.6) is 17.2 Å². The molecular formula is C25H33O6P. The van der Waals surface area contributed by atoms with Gasteiger partial charge < -0.3 is 18.8 Å². The van der Waals surface area contributed by atoms with E-state index in [4.69, 9.17) is 14.2 Å². The third-order valence-corrected chi connectivity index (χ3v) is 6.91. The molecule has 0 aliphatic heterocycles. The number of methoxy groups -OCH3 is 3. The predicted molar refractivity (Wildman–Crippen MR) is 128 cm³/mol. The van der Waals surface area contributed by atoms with Crippen molar-refractivity contribution in [2.24, 2.45) is 0 Å². The van der Waals surface area contributed by atoms with Gasteiger partial charge in [0.1, 0.15) is 30.6 Å². The monoisotopic (exact) mass is 460 g/mol. The van der Waals surface area contributed by atoms with E-state index in [1.165, 1.54) is 21.3 Å². The molecule has 0 heterocycles. The van der Waals surface area contributed by atoms with E-state index in [1.807, 2.05) is 26.0 Å². The Morgan fingerprint density at radius 2 is 1.34 bits per heavy atom. The summed E-state index contributed by atoms with van der Waals surface area (Å²) in [5, 5.41) is 0. The number of Topliss-reactive ketones (excluding diaryl/α,β-unsaturated/α-hetero) is 1. The van der Waals surface area contributed by atoms with E-state index in [0.29, 0.717) is 22.8 Å². The highest BCUT2D eigenvalue weighted by Gasteiger charge is 2.25. The Morgan fingerprint density at radius 3 is 1.75 bits per heavy atom. The van der Waals surface area contributed by atoms with Gasteiger partial charge in [-0.05, 0) is 36.0 Å². The van der Waals surface area contributed by atoms with Crippen molar-refractivity contribution in [2.75, 3.05) is 27.5 Å². The summed E-state index contributed by atoms with van der Waals surface area (Å²) in [6.07, 6.45) is -0.0681. The minimum absolute atomic E-state index is 0.0133. The van der Waals surface area contributed by atoms with Crippen LogP contribution in [-0.2, 0) is 9.98 Å². The highest BCUT2D eigenvalue weighted by molar-refractivity contribution is 7.64. The van der Waals surface area contributed by atoms with E-state index < -0.39 is 7.80 Å². The SMILES string of the molecule is COc1cc(OC)c(C(=O)CC[PH](=O)C(=O)c2c(C)cc(C(C)(C)C)cc2C)c(OC)c1. The molecule has 0 fully saturated rings. The molecule has 0 aromatic heterocycles. The second-order valence-electron chi connectivity index (χ2n) is 8.82. The van der Waals surface area contributed by atoms with Gasteiger partial charge in [0.15, 0.2) is 5.78 Å². The highest BCUT2D eigenvalue weighted by Crippen LogP contribution is 2.37. The zero-order valence-corrected chi connectivity index (χ0v) is 21.2. The molecule has 0 saturated carbocycles. The summed E-state index contributed by atoms with van der Waals surface area (Å²) in [5.74, 6) is 0.802. The molecule has 2 rings (SSSR count). The lowest BCUT2D eigenvalue weighted by Crippen LogP contribution is -2.14. The van der Waals surface area contributed by atoms with E-state index in [9.17, 15) is 14.2 Å². The first-order valence-corrected chi connectivity index (χ1v) is 12.1. The predicted octanol–water partition coefficient (Wildman–Crippen LogP) is 5.60. The van der Waals surface area contributed by atoms with Crippen molar-refractivity contribution in [3.8, 4) is 17.2 Å². The van der Waals surface area contributed by atoms with Crippen LogP contribution >= 0.6 is 7.80 Å². The zero-order valence-electron chi connectivity index (χ0n) is 20.2. The average molecular weight is 461 g/mol. The van der Waals surface area contributed by atoms with Gasteiger partial charge in [-0.15, -0.1) is 0 Å². The summed E-state index contributed by atoms with van der Waals surface area (Å²) in [4.78, 5) is 25.9. The van der Waals surface area contributed by atoms with Crippen LogP contribution in [0.25, 0.3) is 0 Å². The molecule has 1 atom stereocenters. The van der Waals surface area contributed by atoms with Crippen LogP contribution in [0.3, 0.4) is 0 Å². The summed E-state index contributed by atoms with van der Waals surface area (Å²) in [5.41, 5.74) is 3.05. The van der Waals surface area contributed by atoms with Crippen LogP contribution in [0.1, 0.15) is 64.6 Å². The van der Waals surface area contributed by atoms with Gasteiger partial charge in [0, 0.05) is 30.3 Å². The van der Waals surface area contributed by atoms with Gasteiger partial charge in [0.25, 0.3) is 0 Å². The van der Waals surface area contributed by atoms with Crippen molar-refractivity contribution in [1.82, 2.24) is 0 Å². The first-order chi connectivity index (χ1) is 14.9. The van der Waals surface area contributed by atoms with Gasteiger partial charge in [0.05, 0.1) is 21.3 Å². The van der Waals surface area contributed by atoms with Crippen LogP contribution in [0, 0.1) is 13.8 Å². The fraction of sp³-hybridized carbons (Fsp3) is 0.440. The van der Waals surface area contributed by atoms with E-state index in [2.05, 4.69) is 20.8 Å². The second-order valence-corrected chi connectivity index (χ2v) is 10.6. The standard InChI is InChI=1S/C25H33O6P/c1-15-11-17(25(3,4)5)12-16(2)22(15)24(27)32(28)10-9-19(26)23-20(30-7)13-18(29-6)14-21(23)31-8/h11-14,32H,9-10H2,1-8H3. The molecule has 0 N–H and O–H groups in total. The Bertz CT molecular complexity index is 1000. The van der Waals surface area contributed by atoms with Gasteiger partial charge in [-0.25, -0.2) is 0 Å². The van der Waals surface area contributed by atoms with Crippen LogP contribution < -0.4 is 14.2 Å². The van der Waals surface area contributed by atoms with Crippen LogP contribution in [0.4, 0.5) is 0 Å². The first kappa shape index (κ1) is 25.7. The largest absolute Gasteiger partial charge is 0.496 e. The Labute approximate surface area is 191 Å².